The maximum atomic E-state index is 12.2. The van der Waals surface area contributed by atoms with Crippen LogP contribution in [0.4, 0.5) is 5.69 Å². The van der Waals surface area contributed by atoms with Crippen LogP contribution in [0.5, 0.6) is 0 Å². The Balaban J connectivity index is 2.37. The molecule has 0 amide bonds. The van der Waals surface area contributed by atoms with Crippen LogP contribution in [0.1, 0.15) is 6.42 Å². The van der Waals surface area contributed by atoms with Gasteiger partial charge in [0.1, 0.15) is 0 Å². The quantitative estimate of drug-likeness (QED) is 0.660. The average Bonchev–Trinajstić information content (AvgIpc) is 2.33. The van der Waals surface area contributed by atoms with Gasteiger partial charge in [-0.25, -0.2) is 8.42 Å². The van der Waals surface area contributed by atoms with E-state index >= 15 is 0 Å². The van der Waals surface area contributed by atoms with Crippen LogP contribution in [0, 0.1) is 0 Å². The summed E-state index contributed by atoms with van der Waals surface area (Å²) in [5, 5.41) is 0.263. The summed E-state index contributed by atoms with van der Waals surface area (Å²) in [6.45, 7) is 0.908. The molecule has 4 nitrogen and oxygen atoms in total. The van der Waals surface area contributed by atoms with E-state index in [-0.39, 0.29) is 9.92 Å². The van der Waals surface area contributed by atoms with Gasteiger partial charge in [-0.15, -0.1) is 0 Å². The Morgan fingerprint density at radius 3 is 2.65 bits per heavy atom. The predicted octanol–water partition coefficient (Wildman–Crippen LogP) is 1.87. The minimum atomic E-state index is -3.46. The molecule has 1 aliphatic rings. The second-order valence-corrected chi connectivity index (χ2v) is 6.15. The van der Waals surface area contributed by atoms with Gasteiger partial charge in [0, 0.05) is 13.1 Å². The second kappa shape index (κ2) is 4.68. The van der Waals surface area contributed by atoms with Gasteiger partial charge in [-0.05, 0) is 24.6 Å². The molecule has 2 N–H and O–H groups in total. The van der Waals surface area contributed by atoms with Crippen molar-refractivity contribution in [2.24, 2.45) is 0 Å². The van der Waals surface area contributed by atoms with Crippen molar-refractivity contribution in [3.63, 3.8) is 0 Å². The van der Waals surface area contributed by atoms with Crippen LogP contribution < -0.4 is 5.73 Å². The average molecular weight is 273 g/mol. The molecule has 92 valence electrons. The summed E-state index contributed by atoms with van der Waals surface area (Å²) in [5.74, 6) is 0. The molecule has 0 saturated heterocycles. The zero-order chi connectivity index (χ0) is 12.5. The van der Waals surface area contributed by atoms with Gasteiger partial charge in [0.25, 0.3) is 0 Å². The van der Waals surface area contributed by atoms with Gasteiger partial charge in [-0.3, -0.25) is 0 Å². The summed E-state index contributed by atoms with van der Waals surface area (Å²) in [7, 11) is -3.46. The van der Waals surface area contributed by atoms with Gasteiger partial charge in [-0.2, -0.15) is 4.31 Å². The number of rotatable bonds is 2. The zero-order valence-electron chi connectivity index (χ0n) is 9.14. The van der Waals surface area contributed by atoms with Crippen LogP contribution in [-0.2, 0) is 10.0 Å². The Bertz CT molecular complexity index is 555. The van der Waals surface area contributed by atoms with Crippen molar-refractivity contribution < 1.29 is 8.42 Å². The van der Waals surface area contributed by atoms with E-state index in [2.05, 4.69) is 0 Å². The predicted molar refractivity (Wildman–Crippen MR) is 68.4 cm³/mol. The third-order valence-electron chi connectivity index (χ3n) is 2.63. The van der Waals surface area contributed by atoms with Crippen molar-refractivity contribution in [3.05, 3.63) is 35.4 Å². The lowest BCUT2D eigenvalue weighted by Gasteiger charge is -2.22. The highest BCUT2D eigenvalue weighted by Gasteiger charge is 2.24. The summed E-state index contributed by atoms with van der Waals surface area (Å²) >= 11 is 5.84. The summed E-state index contributed by atoms with van der Waals surface area (Å²) in [6.07, 6.45) is 4.56. The third kappa shape index (κ3) is 2.46. The molecule has 6 heteroatoms. The Hall–Kier alpha value is -1.04. The number of nitrogens with two attached hydrogens (primary N) is 1. The fourth-order valence-electron chi connectivity index (χ4n) is 1.66. The van der Waals surface area contributed by atoms with E-state index in [1.54, 1.807) is 0 Å². The number of nitrogens with zero attached hydrogens (tertiary/aromatic N) is 1. The molecule has 0 unspecified atom stereocenters. The number of hydrogen-bond acceptors (Lipinski definition) is 3. The van der Waals surface area contributed by atoms with Crippen LogP contribution >= 0.6 is 11.6 Å². The van der Waals surface area contributed by atoms with E-state index < -0.39 is 10.0 Å². The second-order valence-electron chi connectivity index (χ2n) is 3.81. The van der Waals surface area contributed by atoms with Gasteiger partial charge < -0.3 is 5.73 Å². The van der Waals surface area contributed by atoms with Crippen molar-refractivity contribution in [1.29, 1.82) is 0 Å². The minimum absolute atomic E-state index is 0.187. The van der Waals surface area contributed by atoms with Gasteiger partial charge in [-0.1, -0.05) is 23.8 Å². The zero-order valence-corrected chi connectivity index (χ0v) is 10.7. The number of halogens is 1. The number of nitrogen functional groups attached to an aromatic ring is 1. The highest BCUT2D eigenvalue weighted by Crippen LogP contribution is 2.25. The molecule has 0 aliphatic carbocycles. The van der Waals surface area contributed by atoms with Crippen molar-refractivity contribution in [3.8, 4) is 0 Å². The number of anilines is 1. The minimum Gasteiger partial charge on any atom is -0.398 e. The van der Waals surface area contributed by atoms with Gasteiger partial charge in [0.05, 0.1) is 15.6 Å². The van der Waals surface area contributed by atoms with E-state index in [4.69, 9.17) is 17.3 Å². The number of sulfonamides is 1. The molecule has 0 bridgehead atoms. The molecule has 0 atom stereocenters. The van der Waals surface area contributed by atoms with Gasteiger partial charge >= 0.3 is 0 Å². The normalized spacial score (nSPS) is 17.2. The van der Waals surface area contributed by atoms with E-state index in [1.165, 1.54) is 22.5 Å². The molecule has 2 rings (SSSR count). The summed E-state index contributed by atoms with van der Waals surface area (Å²) in [5.41, 5.74) is 5.94. The first kappa shape index (κ1) is 12.4. The molecule has 1 aliphatic heterocycles. The molecule has 0 aromatic heterocycles. The molecular weight excluding hydrogens is 260 g/mol. The number of benzene rings is 1. The molecule has 17 heavy (non-hydrogen) atoms. The van der Waals surface area contributed by atoms with E-state index in [0.29, 0.717) is 18.8 Å². The summed E-state index contributed by atoms with van der Waals surface area (Å²) < 4.78 is 25.9. The lowest BCUT2D eigenvalue weighted by Crippen LogP contribution is -2.33. The van der Waals surface area contributed by atoms with Gasteiger partial charge in [0.15, 0.2) is 0 Å². The molecule has 0 fully saturated rings. The Morgan fingerprint density at radius 1 is 1.29 bits per heavy atom. The highest BCUT2D eigenvalue weighted by atomic mass is 35.5. The Labute approximate surface area is 106 Å². The molecule has 0 saturated carbocycles. The summed E-state index contributed by atoms with van der Waals surface area (Å²) in [4.78, 5) is 0.187. The third-order valence-corrected chi connectivity index (χ3v) is 4.82. The fourth-order valence-corrected chi connectivity index (χ4v) is 3.33. The monoisotopic (exact) mass is 272 g/mol. The standard InChI is InChI=1S/C11H13ClN2O2S/c12-10-8-9(4-5-11(10)13)17(15,16)14-6-2-1-3-7-14/h1-2,4-5,8H,3,6-7,13H2. The van der Waals surface area contributed by atoms with Crippen LogP contribution in [-0.4, -0.2) is 25.8 Å². The SMILES string of the molecule is Nc1ccc(S(=O)(=O)N2CC=CCC2)cc1Cl. The van der Waals surface area contributed by atoms with E-state index in [1.807, 2.05) is 12.2 Å². The summed E-state index contributed by atoms with van der Waals surface area (Å²) in [6, 6.07) is 4.38. The van der Waals surface area contributed by atoms with E-state index in [9.17, 15) is 8.42 Å². The fraction of sp³-hybridized carbons (Fsp3) is 0.273. The molecule has 0 radical (unpaired) electrons. The van der Waals surface area contributed by atoms with Crippen LogP contribution in [0.3, 0.4) is 0 Å². The maximum Gasteiger partial charge on any atom is 0.243 e. The highest BCUT2D eigenvalue weighted by molar-refractivity contribution is 7.89. The Kier molecular flexibility index (Phi) is 3.42. The lowest BCUT2D eigenvalue weighted by molar-refractivity contribution is 0.437. The first-order valence-corrected chi connectivity index (χ1v) is 7.04. The van der Waals surface area contributed by atoms with Crippen molar-refractivity contribution >= 4 is 27.3 Å². The van der Waals surface area contributed by atoms with Crippen molar-refractivity contribution in [2.45, 2.75) is 11.3 Å². The maximum absolute atomic E-state index is 12.2. The largest absolute Gasteiger partial charge is 0.398 e. The van der Waals surface area contributed by atoms with Crippen LogP contribution in [0.15, 0.2) is 35.2 Å². The topological polar surface area (TPSA) is 63.4 Å². The molecule has 1 aromatic rings. The van der Waals surface area contributed by atoms with Gasteiger partial charge in [0.2, 0.25) is 10.0 Å². The number of hydrogen-bond donors (Lipinski definition) is 1. The van der Waals surface area contributed by atoms with Crippen molar-refractivity contribution in [2.75, 3.05) is 18.8 Å². The molecule has 1 heterocycles. The van der Waals surface area contributed by atoms with E-state index in [0.717, 1.165) is 6.42 Å². The smallest absolute Gasteiger partial charge is 0.243 e. The van der Waals surface area contributed by atoms with Crippen LogP contribution in [0.2, 0.25) is 5.02 Å². The Morgan fingerprint density at radius 2 is 2.06 bits per heavy atom. The lowest BCUT2D eigenvalue weighted by atomic mass is 10.3. The first-order chi connectivity index (χ1) is 8.01. The molecular formula is C11H13ClN2O2S. The van der Waals surface area contributed by atoms with Crippen molar-refractivity contribution in [1.82, 2.24) is 4.31 Å². The van der Waals surface area contributed by atoms with Crippen LogP contribution in [0.25, 0.3) is 0 Å². The molecule has 1 aromatic carbocycles. The molecule has 0 spiro atoms. The first-order valence-electron chi connectivity index (χ1n) is 5.22.